The smallest absolute Gasteiger partial charge is 0.264 e. The molecule has 5 atom stereocenters. The van der Waals surface area contributed by atoms with E-state index in [1.165, 1.54) is 0 Å². The van der Waals surface area contributed by atoms with Crippen LogP contribution in [0.1, 0.15) is 48.3 Å². The Bertz CT molecular complexity index is 1760. The lowest BCUT2D eigenvalue weighted by molar-refractivity contribution is -0.146. The number of aliphatic hydroxyl groups is 1. The number of hydrogen-bond donors (Lipinski definition) is 2. The van der Waals surface area contributed by atoms with Gasteiger partial charge in [-0.15, -0.1) is 5.10 Å². The zero-order valence-electron chi connectivity index (χ0n) is 26.3. The van der Waals surface area contributed by atoms with Gasteiger partial charge in [0.05, 0.1) is 24.5 Å². The van der Waals surface area contributed by atoms with Crippen molar-refractivity contribution in [3.05, 3.63) is 107 Å². The third kappa shape index (κ3) is 5.07. The van der Waals surface area contributed by atoms with Gasteiger partial charge in [-0.1, -0.05) is 72.8 Å². The number of hydrogen-bond acceptors (Lipinski definition) is 7. The molecule has 0 radical (unpaired) electrons. The molecule has 46 heavy (non-hydrogen) atoms. The van der Waals surface area contributed by atoms with Gasteiger partial charge in [-0.25, -0.2) is 0 Å². The molecule has 4 heterocycles. The first-order valence-electron chi connectivity index (χ1n) is 15.9. The number of ether oxygens (including phenoxy) is 1. The molecule has 4 aromatic rings. The van der Waals surface area contributed by atoms with Crippen LogP contribution < -0.4 is 9.80 Å². The summed E-state index contributed by atoms with van der Waals surface area (Å²) in [6, 6.07) is 25.0. The van der Waals surface area contributed by atoms with Gasteiger partial charge in [-0.3, -0.25) is 14.3 Å². The average molecular weight is 638 g/mol. The Morgan fingerprint density at radius 2 is 1.76 bits per heavy atom. The minimum atomic E-state index is -2.87. The molecule has 3 aliphatic heterocycles. The summed E-state index contributed by atoms with van der Waals surface area (Å²) < 4.78 is 8.68. The Hall–Kier alpha value is -4.16. The lowest BCUT2D eigenvalue weighted by Crippen LogP contribution is -2.46. The van der Waals surface area contributed by atoms with E-state index in [1.54, 1.807) is 20.7 Å². The van der Waals surface area contributed by atoms with Crippen LogP contribution in [0.25, 0.3) is 0 Å². The Kier molecular flexibility index (Phi) is 7.67. The summed E-state index contributed by atoms with van der Waals surface area (Å²) in [7, 11) is -2.87. The van der Waals surface area contributed by atoms with Gasteiger partial charge >= 0.3 is 0 Å². The molecule has 2 amide bonds. The van der Waals surface area contributed by atoms with Crippen molar-refractivity contribution in [3.63, 3.8) is 0 Å². The second-order valence-corrected chi connectivity index (χ2v) is 17.2. The molecule has 0 aliphatic carbocycles. The van der Waals surface area contributed by atoms with Crippen LogP contribution >= 0.6 is 0 Å². The number of aromatic nitrogens is 3. The standard InChI is InChI=1S/C35H39N5O5Si/c1-23-33(46(2,3)44)30(16-18-38-22-28(36-37-38)32(42)25-12-8-5-9-13-25)45-35(23)27-20-26(39-19-17-31(39)41)14-15-29(27)40(34(35)43)21-24-10-6-4-7-11-24/h4-15,20,22-23,30,32-33,42,44H,16-19,21H2,1-3H3/t23-,30+,32+,33-,35+/m0/s1. The van der Waals surface area contributed by atoms with Crippen LogP contribution in [0.4, 0.5) is 11.4 Å². The molecule has 2 fully saturated rings. The highest BCUT2D eigenvalue weighted by Gasteiger charge is 2.66. The summed E-state index contributed by atoms with van der Waals surface area (Å²) >= 11 is 0. The van der Waals surface area contributed by atoms with E-state index < -0.39 is 26.1 Å². The number of carbonyl (C=O) groups excluding carboxylic acids is 2. The first-order valence-corrected chi connectivity index (χ1v) is 18.9. The van der Waals surface area contributed by atoms with Crippen molar-refractivity contribution in [1.82, 2.24) is 15.0 Å². The van der Waals surface area contributed by atoms with Gasteiger partial charge in [-0.05, 0) is 48.8 Å². The minimum Gasteiger partial charge on any atom is -0.432 e. The Labute approximate surface area is 269 Å². The molecule has 2 saturated heterocycles. The number of nitrogens with zero attached hydrogens (tertiary/aromatic N) is 5. The van der Waals surface area contributed by atoms with Gasteiger partial charge in [0.1, 0.15) is 11.8 Å². The van der Waals surface area contributed by atoms with Gasteiger partial charge in [-0.2, -0.15) is 0 Å². The molecule has 2 N–H and O–H groups in total. The zero-order valence-corrected chi connectivity index (χ0v) is 27.3. The topological polar surface area (TPSA) is 121 Å². The highest BCUT2D eigenvalue weighted by atomic mass is 28.4. The van der Waals surface area contributed by atoms with E-state index >= 15 is 0 Å². The number of benzene rings is 3. The largest absolute Gasteiger partial charge is 0.432 e. The molecular weight excluding hydrogens is 599 g/mol. The van der Waals surface area contributed by atoms with Crippen LogP contribution in [0.2, 0.25) is 18.6 Å². The summed E-state index contributed by atoms with van der Waals surface area (Å²) in [5.74, 6) is -0.417. The Morgan fingerprint density at radius 1 is 1.04 bits per heavy atom. The van der Waals surface area contributed by atoms with Crippen LogP contribution in [0.5, 0.6) is 0 Å². The van der Waals surface area contributed by atoms with Crippen molar-refractivity contribution in [3.8, 4) is 0 Å². The quantitative estimate of drug-likeness (QED) is 0.204. The molecule has 0 saturated carbocycles. The van der Waals surface area contributed by atoms with Crippen LogP contribution in [0.3, 0.4) is 0 Å². The number of carbonyl (C=O) groups is 2. The van der Waals surface area contributed by atoms with Crippen LogP contribution in [-0.4, -0.2) is 57.7 Å². The van der Waals surface area contributed by atoms with Gasteiger partial charge in [0.2, 0.25) is 5.91 Å². The van der Waals surface area contributed by atoms with Gasteiger partial charge in [0.15, 0.2) is 13.9 Å². The van der Waals surface area contributed by atoms with E-state index in [0.29, 0.717) is 38.2 Å². The maximum absolute atomic E-state index is 14.7. The third-order valence-corrected chi connectivity index (χ3v) is 12.4. The fraction of sp³-hybridized carbons (Fsp3) is 0.371. The fourth-order valence-electron chi connectivity index (χ4n) is 7.63. The fourth-order valence-corrected chi connectivity index (χ4v) is 10.2. The average Bonchev–Trinajstić information content (AvgIpc) is 3.70. The molecular formula is C35H39N5O5Si. The van der Waals surface area contributed by atoms with Gasteiger partial charge in [0.25, 0.3) is 5.91 Å². The maximum atomic E-state index is 14.7. The highest BCUT2D eigenvalue weighted by molar-refractivity contribution is 6.71. The number of anilines is 2. The van der Waals surface area contributed by atoms with E-state index in [9.17, 15) is 19.5 Å². The minimum absolute atomic E-state index is 0.0593. The number of fused-ring (bicyclic) bond motifs is 2. The molecule has 0 bridgehead atoms. The van der Waals surface area contributed by atoms with Crippen molar-refractivity contribution in [2.75, 3.05) is 16.3 Å². The molecule has 238 valence electrons. The summed E-state index contributed by atoms with van der Waals surface area (Å²) in [4.78, 5) is 42.4. The van der Waals surface area contributed by atoms with Gasteiger partial charge in [0, 0.05) is 42.2 Å². The lowest BCUT2D eigenvalue weighted by Gasteiger charge is -2.33. The number of β-lactam (4-membered cyclic amide) rings is 1. The summed E-state index contributed by atoms with van der Waals surface area (Å²) in [6.07, 6.45) is 1.40. The predicted molar refractivity (Wildman–Crippen MR) is 175 cm³/mol. The molecule has 1 spiro atoms. The van der Waals surface area contributed by atoms with Crippen molar-refractivity contribution in [1.29, 1.82) is 0 Å². The Morgan fingerprint density at radius 3 is 2.41 bits per heavy atom. The molecule has 0 unspecified atom stereocenters. The van der Waals surface area contributed by atoms with Crippen LogP contribution in [0.15, 0.2) is 85.1 Å². The van der Waals surface area contributed by atoms with Crippen molar-refractivity contribution < 1.29 is 24.2 Å². The molecule has 3 aromatic carbocycles. The van der Waals surface area contributed by atoms with E-state index in [0.717, 1.165) is 28.1 Å². The molecule has 10 nitrogen and oxygen atoms in total. The zero-order chi connectivity index (χ0) is 32.2. The SMILES string of the molecule is C[C@H]1[C@H]([Si](C)(C)O)[C@@H](CCn2cc([C@H](O)c3ccccc3)nn2)O[C@]12C(=O)N(Cc1ccccc1)c1ccc(N3CCC3=O)cc12. The number of aryl methyl sites for hydroxylation is 1. The highest BCUT2D eigenvalue weighted by Crippen LogP contribution is 2.60. The first kappa shape index (κ1) is 30.5. The van der Waals surface area contributed by atoms with Crippen molar-refractivity contribution >= 4 is 31.5 Å². The molecule has 7 rings (SSSR count). The second-order valence-electron chi connectivity index (χ2n) is 13.2. The number of rotatable bonds is 9. The lowest BCUT2D eigenvalue weighted by atomic mass is 9.82. The maximum Gasteiger partial charge on any atom is 0.264 e. The Balaban J connectivity index is 1.22. The van der Waals surface area contributed by atoms with Crippen LogP contribution in [-0.2, 0) is 33.0 Å². The normalized spacial score (nSPS) is 24.8. The number of amides is 2. The van der Waals surface area contributed by atoms with Crippen LogP contribution in [0, 0.1) is 5.92 Å². The first-order chi connectivity index (χ1) is 22.1. The van der Waals surface area contributed by atoms with E-state index in [-0.39, 0.29) is 23.3 Å². The summed E-state index contributed by atoms with van der Waals surface area (Å²) in [6.45, 7) is 7.29. The van der Waals surface area contributed by atoms with E-state index in [1.807, 2.05) is 98.9 Å². The van der Waals surface area contributed by atoms with E-state index in [4.69, 9.17) is 4.74 Å². The second kappa shape index (κ2) is 11.6. The van der Waals surface area contributed by atoms with Crippen molar-refractivity contribution in [2.24, 2.45) is 5.92 Å². The predicted octanol–water partition coefficient (Wildman–Crippen LogP) is 4.53. The van der Waals surface area contributed by atoms with E-state index in [2.05, 4.69) is 10.3 Å². The third-order valence-electron chi connectivity index (χ3n) is 9.91. The molecule has 1 aromatic heterocycles. The molecule has 3 aliphatic rings. The monoisotopic (exact) mass is 637 g/mol. The molecule has 11 heteroatoms. The van der Waals surface area contributed by atoms with Gasteiger partial charge < -0.3 is 24.4 Å². The number of aliphatic hydroxyl groups excluding tert-OH is 1. The summed E-state index contributed by atoms with van der Waals surface area (Å²) in [5.41, 5.74) is 2.88. The summed E-state index contributed by atoms with van der Waals surface area (Å²) in [5, 5.41) is 19.3. The van der Waals surface area contributed by atoms with Crippen molar-refractivity contribution in [2.45, 2.75) is 69.3 Å².